The maximum absolute atomic E-state index is 13.7. The first-order valence-electron chi connectivity index (χ1n) is 6.41. The lowest BCUT2D eigenvalue weighted by Crippen LogP contribution is -2.30. The number of methoxy groups -OCH3 is 1. The number of ether oxygens (including phenoxy) is 1. The number of nitrogens with two attached hydrogens (primary N) is 1. The fourth-order valence-electron chi connectivity index (χ4n) is 2.28. The largest absolute Gasteiger partial charge is 0.469 e. The van der Waals surface area contributed by atoms with Crippen molar-refractivity contribution in [1.82, 2.24) is 4.31 Å². The van der Waals surface area contributed by atoms with Crippen LogP contribution in [0.5, 0.6) is 0 Å². The number of carbonyl (C=O) groups is 1. The van der Waals surface area contributed by atoms with Gasteiger partial charge < -0.3 is 10.5 Å². The van der Waals surface area contributed by atoms with Crippen LogP contribution in [-0.4, -0.2) is 38.9 Å². The van der Waals surface area contributed by atoms with Crippen molar-refractivity contribution >= 4 is 21.7 Å². The Bertz CT molecular complexity index is 652. The molecule has 1 saturated heterocycles. The Morgan fingerprint density at radius 3 is 2.71 bits per heavy atom. The fraction of sp³-hybridized carbons (Fsp3) is 0.462. The van der Waals surface area contributed by atoms with Gasteiger partial charge >= 0.3 is 5.97 Å². The van der Waals surface area contributed by atoms with Crippen LogP contribution in [0, 0.1) is 18.7 Å². The van der Waals surface area contributed by atoms with E-state index in [4.69, 9.17) is 5.73 Å². The van der Waals surface area contributed by atoms with Crippen molar-refractivity contribution in [3.63, 3.8) is 0 Å². The van der Waals surface area contributed by atoms with Crippen molar-refractivity contribution < 1.29 is 22.3 Å². The highest BCUT2D eigenvalue weighted by molar-refractivity contribution is 7.89. The Morgan fingerprint density at radius 2 is 2.14 bits per heavy atom. The molecule has 1 aromatic carbocycles. The third-order valence-electron chi connectivity index (χ3n) is 3.68. The number of hydrogen-bond acceptors (Lipinski definition) is 5. The predicted octanol–water partition coefficient (Wildman–Crippen LogP) is 0.900. The molecular weight excluding hydrogens is 299 g/mol. The summed E-state index contributed by atoms with van der Waals surface area (Å²) in [7, 11) is -2.61. The highest BCUT2D eigenvalue weighted by atomic mass is 32.2. The minimum Gasteiger partial charge on any atom is -0.469 e. The maximum Gasteiger partial charge on any atom is 0.310 e. The van der Waals surface area contributed by atoms with Crippen molar-refractivity contribution in [2.75, 3.05) is 25.9 Å². The topological polar surface area (TPSA) is 89.7 Å². The molecule has 1 heterocycles. The normalized spacial score (nSPS) is 19.7. The minimum absolute atomic E-state index is 0.0321. The SMILES string of the molecule is COC(=O)C1CCN(S(=O)(=O)c2cc(N)c(C)c(F)c2)C1. The van der Waals surface area contributed by atoms with Crippen LogP contribution in [0.1, 0.15) is 12.0 Å². The van der Waals surface area contributed by atoms with E-state index in [-0.39, 0.29) is 29.2 Å². The Kier molecular flexibility index (Phi) is 4.20. The molecular formula is C13H17FN2O4S. The van der Waals surface area contributed by atoms with E-state index < -0.39 is 27.7 Å². The van der Waals surface area contributed by atoms with Gasteiger partial charge in [-0.2, -0.15) is 4.31 Å². The van der Waals surface area contributed by atoms with Gasteiger partial charge in [-0.1, -0.05) is 0 Å². The number of sulfonamides is 1. The summed E-state index contributed by atoms with van der Waals surface area (Å²) in [6.45, 7) is 1.70. The number of halogens is 1. The van der Waals surface area contributed by atoms with Crippen LogP contribution in [-0.2, 0) is 19.6 Å². The molecule has 0 aromatic heterocycles. The van der Waals surface area contributed by atoms with Gasteiger partial charge in [-0.3, -0.25) is 4.79 Å². The molecule has 0 radical (unpaired) electrons. The van der Waals surface area contributed by atoms with Crippen LogP contribution in [0.15, 0.2) is 17.0 Å². The van der Waals surface area contributed by atoms with E-state index in [1.807, 2.05) is 0 Å². The lowest BCUT2D eigenvalue weighted by atomic mass is 10.1. The van der Waals surface area contributed by atoms with Gasteiger partial charge in [0.25, 0.3) is 0 Å². The number of nitrogen functional groups attached to an aromatic ring is 1. The first kappa shape index (κ1) is 15.7. The first-order chi connectivity index (χ1) is 9.77. The number of benzene rings is 1. The van der Waals surface area contributed by atoms with E-state index in [1.165, 1.54) is 20.1 Å². The van der Waals surface area contributed by atoms with Crippen LogP contribution >= 0.6 is 0 Å². The third-order valence-corrected chi connectivity index (χ3v) is 5.52. The number of nitrogens with zero attached hydrogens (tertiary/aromatic N) is 1. The van der Waals surface area contributed by atoms with Gasteiger partial charge in [0.15, 0.2) is 0 Å². The molecule has 1 fully saturated rings. The zero-order chi connectivity index (χ0) is 15.8. The second-order valence-corrected chi connectivity index (χ2v) is 6.93. The monoisotopic (exact) mass is 316 g/mol. The lowest BCUT2D eigenvalue weighted by Gasteiger charge is -2.17. The molecule has 1 aliphatic rings. The molecule has 1 aliphatic heterocycles. The Hall–Kier alpha value is -1.67. The average Bonchev–Trinajstić information content (AvgIpc) is 2.93. The van der Waals surface area contributed by atoms with Gasteiger partial charge in [0.2, 0.25) is 10.0 Å². The van der Waals surface area contributed by atoms with E-state index in [0.29, 0.717) is 6.42 Å². The van der Waals surface area contributed by atoms with Crippen LogP contribution < -0.4 is 5.73 Å². The summed E-state index contributed by atoms with van der Waals surface area (Å²) in [6, 6.07) is 2.19. The third kappa shape index (κ3) is 2.86. The van der Waals surface area contributed by atoms with Gasteiger partial charge in [0.1, 0.15) is 5.82 Å². The molecule has 0 amide bonds. The highest BCUT2D eigenvalue weighted by Crippen LogP contribution is 2.28. The van der Waals surface area contributed by atoms with Crippen molar-refractivity contribution in [3.05, 3.63) is 23.5 Å². The van der Waals surface area contributed by atoms with Crippen molar-refractivity contribution in [2.24, 2.45) is 5.92 Å². The molecule has 2 N–H and O–H groups in total. The molecule has 6 nitrogen and oxygen atoms in total. The van der Waals surface area contributed by atoms with Crippen molar-refractivity contribution in [2.45, 2.75) is 18.2 Å². The summed E-state index contributed by atoms with van der Waals surface area (Å²) in [4.78, 5) is 11.3. The fourth-order valence-corrected chi connectivity index (χ4v) is 3.83. The van der Waals surface area contributed by atoms with Gasteiger partial charge in [-0.05, 0) is 25.5 Å². The Labute approximate surface area is 122 Å². The molecule has 116 valence electrons. The molecule has 1 atom stereocenters. The second kappa shape index (κ2) is 5.61. The van der Waals surface area contributed by atoms with Crippen LogP contribution in [0.3, 0.4) is 0 Å². The molecule has 21 heavy (non-hydrogen) atoms. The number of esters is 1. The molecule has 0 aliphatic carbocycles. The summed E-state index contributed by atoms with van der Waals surface area (Å²) in [5.74, 6) is -1.60. The van der Waals surface area contributed by atoms with Gasteiger partial charge in [0.05, 0.1) is 17.9 Å². The molecule has 2 rings (SSSR count). The van der Waals surface area contributed by atoms with E-state index in [9.17, 15) is 17.6 Å². The maximum atomic E-state index is 13.7. The molecule has 0 spiro atoms. The molecule has 8 heteroatoms. The van der Waals surface area contributed by atoms with Crippen molar-refractivity contribution in [1.29, 1.82) is 0 Å². The van der Waals surface area contributed by atoms with E-state index in [1.54, 1.807) is 0 Å². The van der Waals surface area contributed by atoms with Crippen LogP contribution in [0.2, 0.25) is 0 Å². The number of rotatable bonds is 3. The first-order valence-corrected chi connectivity index (χ1v) is 7.85. The smallest absolute Gasteiger partial charge is 0.310 e. The predicted molar refractivity (Wildman–Crippen MR) is 74.4 cm³/mol. The standard InChI is InChI=1S/C13H17FN2O4S/c1-8-11(14)5-10(6-12(8)15)21(18,19)16-4-3-9(7-16)13(17)20-2/h5-6,9H,3-4,7,15H2,1-2H3. The Morgan fingerprint density at radius 1 is 1.48 bits per heavy atom. The summed E-state index contributed by atoms with van der Waals surface area (Å²) in [6.07, 6.45) is 0.385. The number of hydrogen-bond donors (Lipinski definition) is 1. The Balaban J connectivity index is 2.30. The van der Waals surface area contributed by atoms with Gasteiger partial charge in [-0.15, -0.1) is 0 Å². The molecule has 1 aromatic rings. The van der Waals surface area contributed by atoms with E-state index in [2.05, 4.69) is 4.74 Å². The summed E-state index contributed by atoms with van der Waals surface area (Å²) < 4.78 is 44.4. The summed E-state index contributed by atoms with van der Waals surface area (Å²) in [5.41, 5.74) is 5.91. The lowest BCUT2D eigenvalue weighted by molar-refractivity contribution is -0.144. The van der Waals surface area contributed by atoms with Gasteiger partial charge in [-0.25, -0.2) is 12.8 Å². The van der Waals surface area contributed by atoms with E-state index >= 15 is 0 Å². The zero-order valence-electron chi connectivity index (χ0n) is 11.8. The highest BCUT2D eigenvalue weighted by Gasteiger charge is 2.36. The second-order valence-electron chi connectivity index (χ2n) is 4.99. The summed E-state index contributed by atoms with van der Waals surface area (Å²) >= 11 is 0. The molecule has 0 bridgehead atoms. The summed E-state index contributed by atoms with van der Waals surface area (Å²) in [5, 5.41) is 0. The van der Waals surface area contributed by atoms with Gasteiger partial charge in [0, 0.05) is 24.3 Å². The zero-order valence-corrected chi connectivity index (χ0v) is 12.6. The van der Waals surface area contributed by atoms with E-state index in [0.717, 1.165) is 10.4 Å². The number of carbonyl (C=O) groups excluding carboxylic acids is 1. The quantitative estimate of drug-likeness (QED) is 0.661. The van der Waals surface area contributed by atoms with Crippen molar-refractivity contribution in [3.8, 4) is 0 Å². The molecule has 0 saturated carbocycles. The number of anilines is 1. The minimum atomic E-state index is -3.87. The average molecular weight is 316 g/mol. The van der Waals surface area contributed by atoms with Crippen LogP contribution in [0.4, 0.5) is 10.1 Å². The molecule has 1 unspecified atom stereocenters. The van der Waals surface area contributed by atoms with Crippen LogP contribution in [0.25, 0.3) is 0 Å².